The molecule has 3 rings (SSSR count). The summed E-state index contributed by atoms with van der Waals surface area (Å²) in [6, 6.07) is 12.2. The van der Waals surface area contributed by atoms with Crippen molar-refractivity contribution in [3.8, 4) is 5.75 Å². The van der Waals surface area contributed by atoms with E-state index in [4.69, 9.17) is 25.6 Å². The van der Waals surface area contributed by atoms with Gasteiger partial charge in [-0.3, -0.25) is 18.7 Å². The predicted molar refractivity (Wildman–Crippen MR) is 141 cm³/mol. The molecule has 11 heteroatoms. The van der Waals surface area contributed by atoms with Crippen molar-refractivity contribution in [1.29, 1.82) is 0 Å². The lowest BCUT2D eigenvalue weighted by Gasteiger charge is -2.22. The standard InChI is InChI=1S/C25H27ClNO7PS/c1-25(2,3)24(29)33-15-34-35(30,31)22(19-14-36-21-10-9-17(26)13-18(19)21)23(28)27-12-11-16-7-5-6-8-20(16)32-4/h5-14,22H,15H2,1-4H3,(H,27,28)(H,30,31)/b12-11+. The molecule has 0 saturated carbocycles. The minimum Gasteiger partial charge on any atom is -0.496 e. The van der Waals surface area contributed by atoms with Crippen LogP contribution in [-0.2, 0) is 23.4 Å². The van der Waals surface area contributed by atoms with Gasteiger partial charge in [-0.25, -0.2) is 0 Å². The highest BCUT2D eigenvalue weighted by Crippen LogP contribution is 2.58. The third-order valence-electron chi connectivity index (χ3n) is 5.10. The van der Waals surface area contributed by atoms with Crippen LogP contribution in [0.5, 0.6) is 5.75 Å². The van der Waals surface area contributed by atoms with E-state index in [1.54, 1.807) is 62.6 Å². The van der Waals surface area contributed by atoms with Crippen LogP contribution in [0, 0.1) is 5.41 Å². The Kier molecular flexibility index (Phi) is 8.98. The molecule has 1 aromatic heterocycles. The lowest BCUT2D eigenvalue weighted by Crippen LogP contribution is -2.27. The number of hydrogen-bond donors (Lipinski definition) is 2. The summed E-state index contributed by atoms with van der Waals surface area (Å²) in [6.45, 7) is 4.13. The van der Waals surface area contributed by atoms with Gasteiger partial charge in [-0.15, -0.1) is 11.3 Å². The van der Waals surface area contributed by atoms with Crippen LogP contribution in [0.1, 0.15) is 37.6 Å². The van der Waals surface area contributed by atoms with Crippen molar-refractivity contribution in [3.05, 3.63) is 70.2 Å². The largest absolute Gasteiger partial charge is 0.496 e. The second kappa shape index (κ2) is 11.6. The predicted octanol–water partition coefficient (Wildman–Crippen LogP) is 6.14. The lowest BCUT2D eigenvalue weighted by molar-refractivity contribution is -0.159. The van der Waals surface area contributed by atoms with E-state index >= 15 is 0 Å². The highest BCUT2D eigenvalue weighted by Gasteiger charge is 2.42. The summed E-state index contributed by atoms with van der Waals surface area (Å²) in [6.07, 6.45) is 2.96. The number of fused-ring (bicyclic) bond motifs is 1. The van der Waals surface area contributed by atoms with Crippen LogP contribution in [-0.4, -0.2) is 30.7 Å². The molecular formula is C25H27ClNO7PS. The van der Waals surface area contributed by atoms with Gasteiger partial charge in [0.2, 0.25) is 12.7 Å². The molecule has 0 radical (unpaired) electrons. The fourth-order valence-corrected chi connectivity index (χ4v) is 5.77. The second-order valence-electron chi connectivity index (χ2n) is 8.81. The number of methoxy groups -OCH3 is 1. The highest BCUT2D eigenvalue weighted by atomic mass is 35.5. The van der Waals surface area contributed by atoms with Crippen LogP contribution in [0.3, 0.4) is 0 Å². The Labute approximate surface area is 218 Å². The van der Waals surface area contributed by atoms with Gasteiger partial charge in [0.15, 0.2) is 5.66 Å². The Hall–Kier alpha value is -2.68. The SMILES string of the molecule is COc1ccccc1/C=C/NC(=O)C(c1csc2ccc(Cl)cc12)P(=O)(O)OCOC(=O)C(C)(C)C. The van der Waals surface area contributed by atoms with Crippen molar-refractivity contribution in [2.75, 3.05) is 13.9 Å². The Morgan fingerprint density at radius 2 is 1.94 bits per heavy atom. The molecule has 0 saturated heterocycles. The molecule has 192 valence electrons. The Bertz CT molecular complexity index is 1330. The fraction of sp³-hybridized carbons (Fsp3) is 0.280. The van der Waals surface area contributed by atoms with Crippen molar-refractivity contribution in [1.82, 2.24) is 5.32 Å². The zero-order valence-electron chi connectivity index (χ0n) is 20.2. The number of nitrogens with one attached hydrogen (secondary N) is 1. The molecule has 0 aliphatic heterocycles. The van der Waals surface area contributed by atoms with Gasteiger partial charge >= 0.3 is 13.6 Å². The third kappa shape index (κ3) is 6.75. The van der Waals surface area contributed by atoms with Crippen LogP contribution in [0.25, 0.3) is 16.2 Å². The molecule has 0 aliphatic rings. The minimum absolute atomic E-state index is 0.272. The van der Waals surface area contributed by atoms with E-state index in [9.17, 15) is 19.0 Å². The van der Waals surface area contributed by atoms with E-state index in [-0.39, 0.29) is 5.56 Å². The van der Waals surface area contributed by atoms with Crippen LogP contribution in [0.15, 0.2) is 54.0 Å². The quantitative estimate of drug-likeness (QED) is 0.187. The summed E-state index contributed by atoms with van der Waals surface area (Å²) in [5.41, 5.74) is -1.47. The summed E-state index contributed by atoms with van der Waals surface area (Å²) in [7, 11) is -3.16. The summed E-state index contributed by atoms with van der Waals surface area (Å²) >= 11 is 7.44. The summed E-state index contributed by atoms with van der Waals surface area (Å²) in [5.74, 6) is -0.806. The number of carbonyl (C=O) groups excluding carboxylic acids is 2. The summed E-state index contributed by atoms with van der Waals surface area (Å²) < 4.78 is 29.5. The van der Waals surface area contributed by atoms with E-state index in [1.807, 2.05) is 12.1 Å². The average Bonchev–Trinajstić information content (AvgIpc) is 3.21. The van der Waals surface area contributed by atoms with Crippen molar-refractivity contribution >= 4 is 58.6 Å². The Morgan fingerprint density at radius 3 is 2.64 bits per heavy atom. The number of rotatable bonds is 9. The molecule has 2 atom stereocenters. The van der Waals surface area contributed by atoms with Crippen LogP contribution < -0.4 is 10.1 Å². The van der Waals surface area contributed by atoms with Gasteiger partial charge in [-0.1, -0.05) is 29.8 Å². The smallest absolute Gasteiger partial charge is 0.347 e. The van der Waals surface area contributed by atoms with Crippen molar-refractivity contribution in [2.24, 2.45) is 5.41 Å². The van der Waals surface area contributed by atoms with Gasteiger partial charge in [-0.2, -0.15) is 0 Å². The van der Waals surface area contributed by atoms with Crippen LogP contribution in [0.2, 0.25) is 5.02 Å². The molecule has 1 heterocycles. The van der Waals surface area contributed by atoms with Crippen molar-refractivity contribution in [2.45, 2.75) is 26.4 Å². The number of amides is 1. The number of carbonyl (C=O) groups is 2. The van der Waals surface area contributed by atoms with E-state index in [2.05, 4.69) is 5.32 Å². The zero-order chi connectivity index (χ0) is 26.5. The number of esters is 1. The molecule has 0 bridgehead atoms. The lowest BCUT2D eigenvalue weighted by atomic mass is 9.98. The van der Waals surface area contributed by atoms with E-state index < -0.39 is 37.3 Å². The first kappa shape index (κ1) is 27.9. The Morgan fingerprint density at radius 1 is 1.22 bits per heavy atom. The van der Waals surface area contributed by atoms with E-state index in [0.717, 1.165) is 4.70 Å². The maximum Gasteiger partial charge on any atom is 0.347 e. The first-order valence-corrected chi connectivity index (χ1v) is 13.8. The first-order chi connectivity index (χ1) is 16.9. The van der Waals surface area contributed by atoms with Gasteiger partial charge < -0.3 is 19.7 Å². The van der Waals surface area contributed by atoms with Gasteiger partial charge in [-0.05, 0) is 67.4 Å². The van der Waals surface area contributed by atoms with Crippen LogP contribution >= 0.6 is 30.5 Å². The van der Waals surface area contributed by atoms with Crippen molar-refractivity contribution in [3.63, 3.8) is 0 Å². The summed E-state index contributed by atoms with van der Waals surface area (Å²) in [5, 5.41) is 5.12. The molecule has 8 nitrogen and oxygen atoms in total. The second-order valence-corrected chi connectivity index (χ2v) is 12.1. The molecule has 36 heavy (non-hydrogen) atoms. The highest BCUT2D eigenvalue weighted by molar-refractivity contribution is 7.54. The van der Waals surface area contributed by atoms with Crippen molar-refractivity contribution < 1.29 is 33.0 Å². The maximum absolute atomic E-state index is 13.4. The molecule has 3 aromatic rings. The monoisotopic (exact) mass is 551 g/mol. The molecule has 1 amide bonds. The zero-order valence-corrected chi connectivity index (χ0v) is 22.7. The average molecular weight is 552 g/mol. The van der Waals surface area contributed by atoms with E-state index in [0.29, 0.717) is 21.7 Å². The van der Waals surface area contributed by atoms with Gasteiger partial charge in [0.1, 0.15) is 5.75 Å². The molecule has 2 unspecified atom stereocenters. The number of hydrogen-bond acceptors (Lipinski definition) is 7. The van der Waals surface area contributed by atoms with Gasteiger partial charge in [0.25, 0.3) is 0 Å². The third-order valence-corrected chi connectivity index (χ3v) is 7.96. The van der Waals surface area contributed by atoms with Crippen LogP contribution in [0.4, 0.5) is 0 Å². The molecular weight excluding hydrogens is 525 g/mol. The number of para-hydroxylation sites is 1. The van der Waals surface area contributed by atoms with Gasteiger partial charge in [0, 0.05) is 21.5 Å². The summed E-state index contributed by atoms with van der Waals surface area (Å²) in [4.78, 5) is 36.2. The topological polar surface area (TPSA) is 111 Å². The van der Waals surface area contributed by atoms with Gasteiger partial charge in [0.05, 0.1) is 12.5 Å². The molecule has 2 N–H and O–H groups in total. The first-order valence-electron chi connectivity index (χ1n) is 10.8. The molecule has 0 spiro atoms. The van der Waals surface area contributed by atoms with E-state index in [1.165, 1.54) is 24.6 Å². The molecule has 2 aromatic carbocycles. The number of benzene rings is 2. The normalized spacial score (nSPS) is 14.4. The molecule has 0 fully saturated rings. The Balaban J connectivity index is 1.90. The molecule has 0 aliphatic carbocycles. The maximum atomic E-state index is 13.4. The minimum atomic E-state index is -4.69. The fourth-order valence-electron chi connectivity index (χ4n) is 3.24. The number of ether oxygens (including phenoxy) is 2. The number of thiophene rings is 1. The number of halogens is 1.